The van der Waals surface area contributed by atoms with E-state index in [4.69, 9.17) is 0 Å². The second kappa shape index (κ2) is 14.3. The molecule has 22 heavy (non-hydrogen) atoms. The quantitative estimate of drug-likeness (QED) is 0.220. The van der Waals surface area contributed by atoms with Crippen molar-refractivity contribution in [3.05, 3.63) is 12.7 Å². The highest BCUT2D eigenvalue weighted by Crippen LogP contribution is 2.29. The molecule has 0 aliphatic heterocycles. The minimum Gasteiger partial charge on any atom is -0.300 e. The number of hydrogen-bond acceptors (Lipinski definition) is 1. The van der Waals surface area contributed by atoms with Gasteiger partial charge in [0.2, 0.25) is 0 Å². The average Bonchev–Trinajstić information content (AvgIpc) is 2.51. The first kappa shape index (κ1) is 21.7. The molecule has 0 aromatic rings. The van der Waals surface area contributed by atoms with Crippen LogP contribution in [0.1, 0.15) is 104 Å². The van der Waals surface area contributed by atoms with Crippen LogP contribution in [0.25, 0.3) is 0 Å². The Morgan fingerprint density at radius 3 is 1.36 bits per heavy atom. The Kier molecular flexibility index (Phi) is 14.1. The smallest absolute Gasteiger partial charge is 0.0382 e. The van der Waals surface area contributed by atoms with Gasteiger partial charge in [-0.15, -0.1) is 6.58 Å². The van der Waals surface area contributed by atoms with Gasteiger partial charge in [0.15, 0.2) is 0 Å². The molecule has 0 radical (unpaired) electrons. The lowest BCUT2D eigenvalue weighted by Gasteiger charge is -2.38. The van der Waals surface area contributed by atoms with Crippen LogP contribution in [-0.2, 0) is 0 Å². The van der Waals surface area contributed by atoms with E-state index in [9.17, 15) is 0 Å². The molecule has 0 saturated carbocycles. The van der Waals surface area contributed by atoms with Crippen LogP contribution in [-0.4, -0.2) is 24.5 Å². The van der Waals surface area contributed by atoms with Crippen molar-refractivity contribution in [2.24, 2.45) is 0 Å². The Labute approximate surface area is 141 Å². The summed E-state index contributed by atoms with van der Waals surface area (Å²) in [5, 5.41) is 0. The van der Waals surface area contributed by atoms with Crippen LogP contribution in [0, 0.1) is 0 Å². The molecule has 0 unspecified atom stereocenters. The molecule has 132 valence electrons. The first-order valence-corrected chi connectivity index (χ1v) is 9.94. The first-order valence-electron chi connectivity index (χ1n) is 9.94. The Bertz CT molecular complexity index is 228. The highest BCUT2D eigenvalue weighted by molar-refractivity contribution is 5.02. The molecular formula is C21H43N. The first-order chi connectivity index (χ1) is 10.6. The van der Waals surface area contributed by atoms with E-state index < -0.39 is 0 Å². The number of nitrogens with zero attached hydrogens (tertiary/aromatic N) is 1. The Morgan fingerprint density at radius 2 is 1.05 bits per heavy atom. The van der Waals surface area contributed by atoms with Crippen LogP contribution in [0.4, 0.5) is 0 Å². The molecule has 0 saturated heterocycles. The average molecular weight is 310 g/mol. The third-order valence-electron chi connectivity index (χ3n) is 5.20. The summed E-state index contributed by atoms with van der Waals surface area (Å²) in [4.78, 5) is 2.41. The lowest BCUT2D eigenvalue weighted by Crippen LogP contribution is -2.42. The van der Waals surface area contributed by atoms with E-state index in [1.165, 1.54) is 89.9 Å². The van der Waals surface area contributed by atoms with E-state index in [-0.39, 0.29) is 5.54 Å². The summed E-state index contributed by atoms with van der Waals surface area (Å²) in [5.41, 5.74) is 0.232. The van der Waals surface area contributed by atoms with Crippen LogP contribution in [0.5, 0.6) is 0 Å². The van der Waals surface area contributed by atoms with Crippen molar-refractivity contribution in [1.29, 1.82) is 0 Å². The van der Waals surface area contributed by atoms with Crippen molar-refractivity contribution in [3.63, 3.8) is 0 Å². The predicted octanol–water partition coefficient (Wildman–Crippen LogP) is 6.97. The second-order valence-corrected chi connectivity index (χ2v) is 7.24. The Hall–Kier alpha value is -0.300. The zero-order valence-electron chi connectivity index (χ0n) is 16.1. The van der Waals surface area contributed by atoms with Gasteiger partial charge in [0.05, 0.1) is 0 Å². The molecule has 0 aromatic carbocycles. The summed E-state index contributed by atoms with van der Waals surface area (Å²) in [6.45, 7) is 8.74. The van der Waals surface area contributed by atoms with Gasteiger partial charge in [-0.05, 0) is 26.9 Å². The van der Waals surface area contributed by atoms with Gasteiger partial charge in [-0.1, -0.05) is 97.0 Å². The molecule has 0 aromatic heterocycles. The monoisotopic (exact) mass is 309 g/mol. The maximum absolute atomic E-state index is 4.17. The standard InChI is InChI=1S/C21H43N/c1-6-9-11-13-15-17-19-21(8-3,22(4)5)20-18-16-14-12-10-7-2/h8H,3,6-7,9-20H2,1-2,4-5H3. The van der Waals surface area contributed by atoms with E-state index in [1.54, 1.807) is 0 Å². The predicted molar refractivity (Wildman–Crippen MR) is 103 cm³/mol. The Balaban J connectivity index is 4.04. The molecule has 1 nitrogen and oxygen atoms in total. The molecule has 0 atom stereocenters. The van der Waals surface area contributed by atoms with Crippen LogP contribution >= 0.6 is 0 Å². The summed E-state index contributed by atoms with van der Waals surface area (Å²) in [7, 11) is 4.46. The van der Waals surface area contributed by atoms with Gasteiger partial charge >= 0.3 is 0 Å². The van der Waals surface area contributed by atoms with E-state index in [0.717, 1.165) is 0 Å². The van der Waals surface area contributed by atoms with Crippen molar-refractivity contribution in [1.82, 2.24) is 4.90 Å². The molecule has 0 heterocycles. The van der Waals surface area contributed by atoms with Crippen molar-refractivity contribution < 1.29 is 0 Å². The third-order valence-corrected chi connectivity index (χ3v) is 5.20. The van der Waals surface area contributed by atoms with Gasteiger partial charge in [-0.3, -0.25) is 0 Å². The molecule has 0 amide bonds. The summed E-state index contributed by atoms with van der Waals surface area (Å²) >= 11 is 0. The van der Waals surface area contributed by atoms with Gasteiger partial charge in [-0.25, -0.2) is 0 Å². The van der Waals surface area contributed by atoms with Gasteiger partial charge in [0, 0.05) is 5.54 Å². The molecule has 0 aliphatic rings. The van der Waals surface area contributed by atoms with Gasteiger partial charge < -0.3 is 4.90 Å². The molecular weight excluding hydrogens is 266 g/mol. The van der Waals surface area contributed by atoms with Crippen molar-refractivity contribution in [2.75, 3.05) is 14.1 Å². The summed E-state index contributed by atoms with van der Waals surface area (Å²) in [6.07, 6.45) is 21.4. The largest absolute Gasteiger partial charge is 0.300 e. The lowest BCUT2D eigenvalue weighted by atomic mass is 9.85. The fraction of sp³-hybridized carbons (Fsp3) is 0.905. The zero-order valence-corrected chi connectivity index (χ0v) is 16.1. The Morgan fingerprint density at radius 1 is 0.682 bits per heavy atom. The minimum absolute atomic E-state index is 0.232. The van der Waals surface area contributed by atoms with E-state index >= 15 is 0 Å². The fourth-order valence-electron chi connectivity index (χ4n) is 3.38. The van der Waals surface area contributed by atoms with Crippen molar-refractivity contribution in [2.45, 2.75) is 109 Å². The molecule has 0 spiro atoms. The molecule has 0 rings (SSSR count). The number of hydrogen-bond donors (Lipinski definition) is 0. The molecule has 0 bridgehead atoms. The SMILES string of the molecule is C=CC(CCCCCCCC)(CCCCCCCC)N(C)C. The summed E-state index contributed by atoms with van der Waals surface area (Å²) in [5.74, 6) is 0. The topological polar surface area (TPSA) is 3.24 Å². The van der Waals surface area contributed by atoms with Gasteiger partial charge in [0.1, 0.15) is 0 Å². The minimum atomic E-state index is 0.232. The third kappa shape index (κ3) is 9.66. The summed E-state index contributed by atoms with van der Waals surface area (Å²) < 4.78 is 0. The number of rotatable bonds is 16. The van der Waals surface area contributed by atoms with Crippen LogP contribution < -0.4 is 0 Å². The van der Waals surface area contributed by atoms with Crippen LogP contribution in [0.15, 0.2) is 12.7 Å². The van der Waals surface area contributed by atoms with Crippen LogP contribution in [0.2, 0.25) is 0 Å². The lowest BCUT2D eigenvalue weighted by molar-refractivity contribution is 0.171. The number of unbranched alkanes of at least 4 members (excludes halogenated alkanes) is 10. The molecule has 0 N–H and O–H groups in total. The molecule has 1 heteroatoms. The van der Waals surface area contributed by atoms with Gasteiger partial charge in [0.25, 0.3) is 0 Å². The fourth-order valence-corrected chi connectivity index (χ4v) is 3.38. The normalized spacial score (nSPS) is 12.0. The molecule has 0 aliphatic carbocycles. The van der Waals surface area contributed by atoms with Crippen molar-refractivity contribution >= 4 is 0 Å². The highest BCUT2D eigenvalue weighted by atomic mass is 15.1. The van der Waals surface area contributed by atoms with E-state index in [0.29, 0.717) is 0 Å². The summed E-state index contributed by atoms with van der Waals surface area (Å²) in [6, 6.07) is 0. The zero-order chi connectivity index (χ0) is 16.7. The van der Waals surface area contributed by atoms with Crippen molar-refractivity contribution in [3.8, 4) is 0 Å². The van der Waals surface area contributed by atoms with E-state index in [1.807, 2.05) is 0 Å². The van der Waals surface area contributed by atoms with Crippen LogP contribution in [0.3, 0.4) is 0 Å². The maximum Gasteiger partial charge on any atom is 0.0382 e. The maximum atomic E-state index is 4.17. The molecule has 0 fully saturated rings. The van der Waals surface area contributed by atoms with E-state index in [2.05, 4.69) is 45.5 Å². The number of likely N-dealkylation sites (N-methyl/N-ethyl adjacent to an activating group) is 1. The highest BCUT2D eigenvalue weighted by Gasteiger charge is 2.27. The van der Waals surface area contributed by atoms with Gasteiger partial charge in [-0.2, -0.15) is 0 Å². The second-order valence-electron chi connectivity index (χ2n) is 7.24.